The summed E-state index contributed by atoms with van der Waals surface area (Å²) in [7, 11) is 0. The van der Waals surface area contributed by atoms with Gasteiger partial charge < -0.3 is 32.8 Å². The van der Waals surface area contributed by atoms with Crippen molar-refractivity contribution in [2.75, 3.05) is 6.61 Å². The molecule has 1 aliphatic rings. The summed E-state index contributed by atoms with van der Waals surface area (Å²) in [6, 6.07) is 6.12. The summed E-state index contributed by atoms with van der Waals surface area (Å²) in [5, 5.41) is 0.449. The molecule has 1 saturated heterocycles. The SMILES string of the molecule is CC(=O)OCC1OC(Oc2cc(=O)oc3cccc(C)c23)C(OC(C)=O)C(OC(C)=O)C1OC(C)=O. The van der Waals surface area contributed by atoms with Crippen molar-refractivity contribution in [3.05, 3.63) is 40.2 Å². The van der Waals surface area contributed by atoms with E-state index in [9.17, 15) is 24.0 Å². The fourth-order valence-corrected chi connectivity index (χ4v) is 3.86. The monoisotopic (exact) mass is 506 g/mol. The molecular weight excluding hydrogens is 480 g/mol. The Hall–Kier alpha value is -3.93. The molecule has 12 heteroatoms. The summed E-state index contributed by atoms with van der Waals surface area (Å²) < 4.78 is 38.3. The second-order valence-electron chi connectivity index (χ2n) is 8.06. The zero-order valence-electron chi connectivity index (χ0n) is 20.3. The zero-order valence-corrected chi connectivity index (χ0v) is 20.3. The lowest BCUT2D eigenvalue weighted by Crippen LogP contribution is -2.63. The first-order chi connectivity index (χ1) is 17.0. The average molecular weight is 506 g/mol. The molecule has 194 valence electrons. The highest BCUT2D eigenvalue weighted by Crippen LogP contribution is 2.34. The van der Waals surface area contributed by atoms with Crippen LogP contribution in [0.1, 0.15) is 33.3 Å². The number of ether oxygens (including phenoxy) is 6. The van der Waals surface area contributed by atoms with Crippen molar-refractivity contribution in [3.63, 3.8) is 0 Å². The van der Waals surface area contributed by atoms with Crippen molar-refractivity contribution in [2.45, 2.75) is 65.3 Å². The van der Waals surface area contributed by atoms with Crippen LogP contribution in [0.3, 0.4) is 0 Å². The number of aryl methyl sites for hydroxylation is 1. The number of esters is 4. The fraction of sp³-hybridized carbons (Fsp3) is 0.458. The second-order valence-corrected chi connectivity index (χ2v) is 8.06. The van der Waals surface area contributed by atoms with Crippen LogP contribution in [0, 0.1) is 6.92 Å². The van der Waals surface area contributed by atoms with Gasteiger partial charge in [-0.25, -0.2) is 4.79 Å². The smallest absolute Gasteiger partial charge is 0.339 e. The van der Waals surface area contributed by atoms with Gasteiger partial charge in [-0.2, -0.15) is 0 Å². The van der Waals surface area contributed by atoms with Gasteiger partial charge in [0.05, 0.1) is 11.5 Å². The van der Waals surface area contributed by atoms with Crippen molar-refractivity contribution in [1.82, 2.24) is 0 Å². The van der Waals surface area contributed by atoms with E-state index in [1.807, 2.05) is 0 Å². The maximum Gasteiger partial charge on any atom is 0.339 e. The van der Waals surface area contributed by atoms with Gasteiger partial charge in [0.2, 0.25) is 12.4 Å². The van der Waals surface area contributed by atoms with E-state index in [2.05, 4.69) is 0 Å². The Morgan fingerprint density at radius 2 is 1.47 bits per heavy atom. The van der Waals surface area contributed by atoms with Crippen molar-refractivity contribution < 1.29 is 52.0 Å². The first kappa shape index (κ1) is 26.7. The van der Waals surface area contributed by atoms with Gasteiger partial charge in [-0.05, 0) is 18.6 Å². The van der Waals surface area contributed by atoms with E-state index >= 15 is 0 Å². The van der Waals surface area contributed by atoms with Gasteiger partial charge in [-0.3, -0.25) is 19.2 Å². The standard InChI is InChI=1S/C24H26O12/c1-11-7-6-8-16-20(11)17(9-19(29)34-16)35-24-23(33-15(5)28)22(32-14(4)27)21(31-13(3)26)18(36-24)10-30-12(2)25/h6-9,18,21-24H,10H2,1-5H3. The highest BCUT2D eigenvalue weighted by atomic mass is 16.7. The maximum atomic E-state index is 12.2. The quantitative estimate of drug-likeness (QED) is 0.304. The Morgan fingerprint density at radius 1 is 0.861 bits per heavy atom. The number of rotatable bonds is 7. The van der Waals surface area contributed by atoms with E-state index < -0.39 is 66.8 Å². The number of benzene rings is 1. The third-order valence-electron chi connectivity index (χ3n) is 5.13. The molecule has 0 amide bonds. The van der Waals surface area contributed by atoms with E-state index in [1.165, 1.54) is 6.92 Å². The number of hydrogen-bond donors (Lipinski definition) is 0. The van der Waals surface area contributed by atoms with Crippen LogP contribution >= 0.6 is 0 Å². The predicted molar refractivity (Wildman–Crippen MR) is 120 cm³/mol. The number of carbonyl (C=O) groups is 4. The Bertz CT molecular complexity index is 1220. The van der Waals surface area contributed by atoms with Crippen LogP contribution in [0.4, 0.5) is 0 Å². The molecule has 0 saturated carbocycles. The lowest BCUT2D eigenvalue weighted by atomic mass is 9.98. The molecule has 0 aliphatic carbocycles. The van der Waals surface area contributed by atoms with Crippen LogP contribution in [-0.4, -0.2) is 61.2 Å². The van der Waals surface area contributed by atoms with Gasteiger partial charge in [0.1, 0.15) is 24.0 Å². The summed E-state index contributed by atoms with van der Waals surface area (Å²) in [4.78, 5) is 59.4. The second kappa shape index (κ2) is 11.2. The van der Waals surface area contributed by atoms with E-state index in [-0.39, 0.29) is 11.3 Å². The van der Waals surface area contributed by atoms with Crippen LogP contribution in [0.15, 0.2) is 33.5 Å². The molecule has 3 rings (SSSR count). The molecule has 1 fully saturated rings. The maximum absolute atomic E-state index is 12.2. The van der Waals surface area contributed by atoms with Crippen molar-refractivity contribution in [1.29, 1.82) is 0 Å². The molecule has 1 aliphatic heterocycles. The molecule has 2 aromatic rings. The predicted octanol–water partition coefficient (Wildman–Crippen LogP) is 1.56. The third kappa shape index (κ3) is 6.39. The Kier molecular flexibility index (Phi) is 8.30. The van der Waals surface area contributed by atoms with Crippen LogP contribution in [-0.2, 0) is 42.9 Å². The molecule has 36 heavy (non-hydrogen) atoms. The molecular formula is C24H26O12. The lowest BCUT2D eigenvalue weighted by molar-refractivity contribution is -0.288. The minimum Gasteiger partial charge on any atom is -0.463 e. The molecule has 1 aromatic carbocycles. The largest absolute Gasteiger partial charge is 0.463 e. The van der Waals surface area contributed by atoms with Gasteiger partial charge in [-0.15, -0.1) is 0 Å². The van der Waals surface area contributed by atoms with E-state index in [1.54, 1.807) is 25.1 Å². The van der Waals surface area contributed by atoms with Gasteiger partial charge in [0, 0.05) is 27.7 Å². The minimum atomic E-state index is -1.48. The summed E-state index contributed by atoms with van der Waals surface area (Å²) in [6.07, 6.45) is -6.83. The molecule has 1 aromatic heterocycles. The molecule has 0 N–H and O–H groups in total. The third-order valence-corrected chi connectivity index (χ3v) is 5.13. The van der Waals surface area contributed by atoms with Crippen molar-refractivity contribution in [3.8, 4) is 5.75 Å². The summed E-state index contributed by atoms with van der Waals surface area (Å²) in [5.41, 5.74) is 0.230. The molecule has 0 spiro atoms. The summed E-state index contributed by atoms with van der Waals surface area (Å²) in [5.74, 6) is -2.91. The topological polar surface area (TPSA) is 154 Å². The van der Waals surface area contributed by atoms with Crippen LogP contribution in [0.25, 0.3) is 11.0 Å². The van der Waals surface area contributed by atoms with Crippen molar-refractivity contribution >= 4 is 34.8 Å². The van der Waals surface area contributed by atoms with E-state index in [0.717, 1.165) is 26.8 Å². The van der Waals surface area contributed by atoms with Gasteiger partial charge >= 0.3 is 29.5 Å². The Balaban J connectivity index is 2.10. The van der Waals surface area contributed by atoms with Gasteiger partial charge in [0.15, 0.2) is 12.2 Å². The van der Waals surface area contributed by atoms with Crippen LogP contribution in [0.2, 0.25) is 0 Å². The Labute approximate surface area is 205 Å². The van der Waals surface area contributed by atoms with Crippen molar-refractivity contribution in [2.24, 2.45) is 0 Å². The summed E-state index contributed by atoms with van der Waals surface area (Å²) >= 11 is 0. The van der Waals surface area contributed by atoms with Gasteiger partial charge in [0.25, 0.3) is 0 Å². The van der Waals surface area contributed by atoms with E-state index in [4.69, 9.17) is 32.8 Å². The molecule has 0 radical (unpaired) electrons. The average Bonchev–Trinajstić information content (AvgIpc) is 2.75. The number of hydrogen-bond acceptors (Lipinski definition) is 12. The first-order valence-electron chi connectivity index (χ1n) is 11.0. The molecule has 5 atom stereocenters. The first-order valence-corrected chi connectivity index (χ1v) is 11.0. The molecule has 0 bridgehead atoms. The normalized spacial score (nSPS) is 23.4. The molecule has 12 nitrogen and oxygen atoms in total. The highest BCUT2D eigenvalue weighted by molar-refractivity contribution is 5.86. The van der Waals surface area contributed by atoms with Gasteiger partial charge in [-0.1, -0.05) is 12.1 Å². The number of carbonyl (C=O) groups excluding carboxylic acids is 4. The molecule has 2 heterocycles. The number of fused-ring (bicyclic) bond motifs is 1. The Morgan fingerprint density at radius 3 is 2.08 bits per heavy atom. The molecule has 5 unspecified atom stereocenters. The fourth-order valence-electron chi connectivity index (χ4n) is 3.86. The summed E-state index contributed by atoms with van der Waals surface area (Å²) in [6.45, 7) is 5.87. The lowest BCUT2D eigenvalue weighted by Gasteiger charge is -2.43. The minimum absolute atomic E-state index is 0.0419. The van der Waals surface area contributed by atoms with Crippen LogP contribution < -0.4 is 10.4 Å². The van der Waals surface area contributed by atoms with E-state index in [0.29, 0.717) is 10.9 Å². The zero-order chi connectivity index (χ0) is 26.6. The van der Waals surface area contributed by atoms with Crippen LogP contribution in [0.5, 0.6) is 5.75 Å². The highest BCUT2D eigenvalue weighted by Gasteiger charge is 2.53.